The Hall–Kier alpha value is -2.56. The van der Waals surface area contributed by atoms with Crippen LogP contribution in [0.15, 0.2) is 36.5 Å². The van der Waals surface area contributed by atoms with Crippen LogP contribution in [0.4, 0.5) is 0 Å². The number of pyridine rings is 2. The van der Waals surface area contributed by atoms with E-state index in [9.17, 15) is 4.79 Å². The van der Waals surface area contributed by atoms with Crippen molar-refractivity contribution in [3.05, 3.63) is 48.0 Å². The second kappa shape index (κ2) is 5.02. The molecular formula is C17H16N4O. The molecular weight excluding hydrogens is 276 g/mol. The standard InChI is InChI=1S/C17H16N4O/c1-11-9-13(7-8-18-11)14-3-2-4-17-19-16(20-21(14)17)10-15(22)12-5-6-12/h2-4,7-9,12H,5-6,10H2,1H3. The molecule has 5 heteroatoms. The third kappa shape index (κ3) is 2.39. The van der Waals surface area contributed by atoms with Gasteiger partial charge >= 0.3 is 0 Å². The summed E-state index contributed by atoms with van der Waals surface area (Å²) in [4.78, 5) is 20.7. The van der Waals surface area contributed by atoms with Crippen molar-refractivity contribution in [1.82, 2.24) is 19.6 Å². The fourth-order valence-electron chi connectivity index (χ4n) is 2.65. The lowest BCUT2D eigenvalue weighted by Gasteiger charge is -2.04. The summed E-state index contributed by atoms with van der Waals surface area (Å²) >= 11 is 0. The van der Waals surface area contributed by atoms with Crippen LogP contribution in [0.5, 0.6) is 0 Å². The molecule has 0 saturated heterocycles. The quantitative estimate of drug-likeness (QED) is 0.741. The van der Waals surface area contributed by atoms with Crippen LogP contribution in [-0.2, 0) is 11.2 Å². The molecule has 110 valence electrons. The summed E-state index contributed by atoms with van der Waals surface area (Å²) in [6.07, 6.45) is 4.17. The van der Waals surface area contributed by atoms with Crippen LogP contribution in [0.1, 0.15) is 24.4 Å². The van der Waals surface area contributed by atoms with Crippen LogP contribution in [0, 0.1) is 12.8 Å². The van der Waals surface area contributed by atoms with E-state index in [-0.39, 0.29) is 11.7 Å². The highest BCUT2D eigenvalue weighted by Crippen LogP contribution is 2.30. The number of Topliss-reactive ketones (excluding diaryl/α,β-unsaturated/α-hetero) is 1. The number of carbonyl (C=O) groups is 1. The van der Waals surface area contributed by atoms with Gasteiger partial charge in [-0.2, -0.15) is 5.10 Å². The molecule has 0 unspecified atom stereocenters. The van der Waals surface area contributed by atoms with Crippen LogP contribution >= 0.6 is 0 Å². The van der Waals surface area contributed by atoms with E-state index in [4.69, 9.17) is 0 Å². The molecule has 1 fully saturated rings. The maximum atomic E-state index is 12.0. The Morgan fingerprint density at radius 1 is 1.32 bits per heavy atom. The monoisotopic (exact) mass is 292 g/mol. The second-order valence-corrected chi connectivity index (χ2v) is 5.81. The molecule has 3 aromatic heterocycles. The van der Waals surface area contributed by atoms with E-state index in [1.165, 1.54) is 0 Å². The molecule has 0 bridgehead atoms. The number of hydrogen-bond acceptors (Lipinski definition) is 4. The zero-order chi connectivity index (χ0) is 15.1. The van der Waals surface area contributed by atoms with Crippen molar-refractivity contribution in [2.45, 2.75) is 26.2 Å². The zero-order valence-electron chi connectivity index (χ0n) is 12.4. The molecule has 0 N–H and O–H groups in total. The fourth-order valence-corrected chi connectivity index (χ4v) is 2.65. The highest BCUT2D eigenvalue weighted by atomic mass is 16.1. The lowest BCUT2D eigenvalue weighted by Crippen LogP contribution is -2.06. The molecule has 0 aliphatic heterocycles. The summed E-state index contributed by atoms with van der Waals surface area (Å²) in [7, 11) is 0. The van der Waals surface area contributed by atoms with Gasteiger partial charge in [-0.1, -0.05) is 6.07 Å². The molecule has 22 heavy (non-hydrogen) atoms. The van der Waals surface area contributed by atoms with Gasteiger partial charge in [-0.25, -0.2) is 9.50 Å². The Balaban J connectivity index is 1.76. The van der Waals surface area contributed by atoms with Crippen LogP contribution < -0.4 is 0 Å². The molecule has 3 heterocycles. The van der Waals surface area contributed by atoms with Crippen LogP contribution in [-0.4, -0.2) is 25.4 Å². The van der Waals surface area contributed by atoms with Crippen molar-refractivity contribution < 1.29 is 4.79 Å². The number of carbonyl (C=O) groups excluding carboxylic acids is 1. The molecule has 0 radical (unpaired) electrons. The number of aryl methyl sites for hydroxylation is 1. The van der Waals surface area contributed by atoms with E-state index in [0.29, 0.717) is 12.2 Å². The van der Waals surface area contributed by atoms with Gasteiger partial charge in [0.1, 0.15) is 5.78 Å². The third-order valence-electron chi connectivity index (χ3n) is 3.96. The van der Waals surface area contributed by atoms with Crippen molar-refractivity contribution in [2.75, 3.05) is 0 Å². The van der Waals surface area contributed by atoms with Gasteiger partial charge in [-0.3, -0.25) is 9.78 Å². The molecule has 0 atom stereocenters. The SMILES string of the molecule is Cc1cc(-c2cccc3nc(CC(=O)C4CC4)nn23)ccn1. The lowest BCUT2D eigenvalue weighted by atomic mass is 10.1. The van der Waals surface area contributed by atoms with E-state index in [2.05, 4.69) is 15.1 Å². The van der Waals surface area contributed by atoms with E-state index in [1.54, 1.807) is 6.20 Å². The molecule has 1 aliphatic carbocycles. The van der Waals surface area contributed by atoms with E-state index in [0.717, 1.165) is 35.4 Å². The van der Waals surface area contributed by atoms with Crippen molar-refractivity contribution >= 4 is 11.4 Å². The molecule has 1 aliphatic rings. The second-order valence-electron chi connectivity index (χ2n) is 5.81. The predicted molar refractivity (Wildman–Crippen MR) is 82.4 cm³/mol. The maximum Gasteiger partial charge on any atom is 0.159 e. The molecule has 4 rings (SSSR count). The number of ketones is 1. The van der Waals surface area contributed by atoms with E-state index >= 15 is 0 Å². The minimum atomic E-state index is 0.244. The van der Waals surface area contributed by atoms with Crippen molar-refractivity contribution in [3.63, 3.8) is 0 Å². The topological polar surface area (TPSA) is 60.2 Å². The summed E-state index contributed by atoms with van der Waals surface area (Å²) in [6, 6.07) is 9.85. The van der Waals surface area contributed by atoms with Gasteiger partial charge in [-0.05, 0) is 44.0 Å². The average molecular weight is 292 g/mol. The van der Waals surface area contributed by atoms with Gasteiger partial charge in [0.2, 0.25) is 0 Å². The van der Waals surface area contributed by atoms with Crippen LogP contribution in [0.3, 0.4) is 0 Å². The number of aromatic nitrogens is 4. The number of hydrogen-bond donors (Lipinski definition) is 0. The van der Waals surface area contributed by atoms with E-state index < -0.39 is 0 Å². The van der Waals surface area contributed by atoms with E-state index in [1.807, 2.05) is 41.8 Å². The third-order valence-corrected chi connectivity index (χ3v) is 3.96. The smallest absolute Gasteiger partial charge is 0.159 e. The maximum absolute atomic E-state index is 12.0. The molecule has 5 nitrogen and oxygen atoms in total. The van der Waals surface area contributed by atoms with Gasteiger partial charge in [0, 0.05) is 23.4 Å². The summed E-state index contributed by atoms with van der Waals surface area (Å²) < 4.78 is 1.81. The van der Waals surface area contributed by atoms with Crippen LogP contribution in [0.25, 0.3) is 16.9 Å². The number of rotatable bonds is 4. The van der Waals surface area contributed by atoms with Gasteiger partial charge in [0.25, 0.3) is 0 Å². The molecule has 0 spiro atoms. The Bertz CT molecular complexity index is 864. The highest BCUT2D eigenvalue weighted by molar-refractivity contribution is 5.84. The van der Waals surface area contributed by atoms with Crippen LogP contribution in [0.2, 0.25) is 0 Å². The summed E-state index contributed by atoms with van der Waals surface area (Å²) in [6.45, 7) is 1.96. The molecule has 0 aromatic carbocycles. The van der Waals surface area contributed by atoms with Crippen molar-refractivity contribution in [1.29, 1.82) is 0 Å². The first-order valence-electron chi connectivity index (χ1n) is 7.51. The Morgan fingerprint density at radius 3 is 2.95 bits per heavy atom. The summed E-state index contributed by atoms with van der Waals surface area (Å²) in [5.74, 6) is 1.11. The normalized spacial score (nSPS) is 14.4. The average Bonchev–Trinajstić information content (AvgIpc) is 3.27. The zero-order valence-corrected chi connectivity index (χ0v) is 12.4. The number of fused-ring (bicyclic) bond motifs is 1. The Morgan fingerprint density at radius 2 is 2.18 bits per heavy atom. The first kappa shape index (κ1) is 13.1. The van der Waals surface area contributed by atoms with Gasteiger partial charge in [0.05, 0.1) is 12.1 Å². The van der Waals surface area contributed by atoms with Gasteiger partial charge < -0.3 is 0 Å². The highest BCUT2D eigenvalue weighted by Gasteiger charge is 2.30. The Kier molecular flexibility index (Phi) is 2.99. The minimum Gasteiger partial charge on any atom is -0.299 e. The Labute approximate surface area is 128 Å². The first-order chi connectivity index (χ1) is 10.7. The predicted octanol–water partition coefficient (Wildman–Crippen LogP) is 2.62. The van der Waals surface area contributed by atoms with Crippen molar-refractivity contribution in [3.8, 4) is 11.3 Å². The lowest BCUT2D eigenvalue weighted by molar-refractivity contribution is -0.119. The molecule has 3 aromatic rings. The van der Waals surface area contributed by atoms with Crippen molar-refractivity contribution in [2.24, 2.45) is 5.92 Å². The molecule has 0 amide bonds. The molecule has 1 saturated carbocycles. The van der Waals surface area contributed by atoms with Gasteiger partial charge in [0.15, 0.2) is 11.5 Å². The largest absolute Gasteiger partial charge is 0.299 e. The van der Waals surface area contributed by atoms with Gasteiger partial charge in [-0.15, -0.1) is 0 Å². The summed E-state index contributed by atoms with van der Waals surface area (Å²) in [5, 5.41) is 4.53. The fraction of sp³-hybridized carbons (Fsp3) is 0.294. The minimum absolute atomic E-state index is 0.244. The summed E-state index contributed by atoms with van der Waals surface area (Å²) in [5.41, 5.74) is 3.73. The first-order valence-corrected chi connectivity index (χ1v) is 7.51. The number of nitrogens with zero attached hydrogens (tertiary/aromatic N) is 4.